The van der Waals surface area contributed by atoms with E-state index in [0.717, 1.165) is 17.7 Å². The van der Waals surface area contributed by atoms with Crippen molar-refractivity contribution in [3.05, 3.63) is 29.8 Å². The standard InChI is InChI=1S/C13H19NO2/c1-3-10(2)14-12-7-4-11(5-8-12)6-9-13(15)16/h4-5,7-8,10,14H,3,6,9H2,1-2H3,(H,15,16). The number of carboxylic acids is 1. The topological polar surface area (TPSA) is 49.3 Å². The average molecular weight is 221 g/mol. The smallest absolute Gasteiger partial charge is 0.303 e. The lowest BCUT2D eigenvalue weighted by atomic mass is 10.1. The maximum Gasteiger partial charge on any atom is 0.303 e. The lowest BCUT2D eigenvalue weighted by molar-refractivity contribution is -0.136. The van der Waals surface area contributed by atoms with E-state index in [4.69, 9.17) is 5.11 Å². The zero-order chi connectivity index (χ0) is 12.0. The fourth-order valence-corrected chi connectivity index (χ4v) is 1.41. The van der Waals surface area contributed by atoms with E-state index in [2.05, 4.69) is 19.2 Å². The highest BCUT2D eigenvalue weighted by molar-refractivity contribution is 5.67. The molecule has 0 radical (unpaired) electrons. The van der Waals surface area contributed by atoms with Crippen LogP contribution in [0.25, 0.3) is 0 Å². The van der Waals surface area contributed by atoms with Gasteiger partial charge in [0.25, 0.3) is 0 Å². The molecule has 1 atom stereocenters. The summed E-state index contributed by atoms with van der Waals surface area (Å²) in [4.78, 5) is 10.4. The molecule has 0 aliphatic carbocycles. The first-order chi connectivity index (χ1) is 7.61. The minimum atomic E-state index is -0.748. The minimum absolute atomic E-state index is 0.193. The Morgan fingerprint density at radius 3 is 2.50 bits per heavy atom. The average Bonchev–Trinajstić information content (AvgIpc) is 2.28. The highest BCUT2D eigenvalue weighted by Crippen LogP contribution is 2.12. The molecule has 0 amide bonds. The Morgan fingerprint density at radius 1 is 1.38 bits per heavy atom. The molecule has 16 heavy (non-hydrogen) atoms. The quantitative estimate of drug-likeness (QED) is 0.776. The van der Waals surface area contributed by atoms with Crippen LogP contribution in [0.1, 0.15) is 32.3 Å². The predicted molar refractivity (Wildman–Crippen MR) is 65.8 cm³/mol. The molecule has 3 nitrogen and oxygen atoms in total. The third-order valence-corrected chi connectivity index (χ3v) is 2.61. The Kier molecular flexibility index (Phi) is 4.83. The second-order valence-electron chi connectivity index (χ2n) is 4.04. The first kappa shape index (κ1) is 12.6. The Morgan fingerprint density at radius 2 is 2.00 bits per heavy atom. The number of anilines is 1. The van der Waals surface area contributed by atoms with Crippen molar-refractivity contribution in [2.24, 2.45) is 0 Å². The third-order valence-electron chi connectivity index (χ3n) is 2.61. The van der Waals surface area contributed by atoms with Crippen LogP contribution in [0.4, 0.5) is 5.69 Å². The Labute approximate surface area is 96.5 Å². The first-order valence-corrected chi connectivity index (χ1v) is 5.69. The summed E-state index contributed by atoms with van der Waals surface area (Å²) in [6.45, 7) is 4.28. The molecule has 0 heterocycles. The Hall–Kier alpha value is -1.51. The molecule has 0 aliphatic rings. The Balaban J connectivity index is 2.50. The van der Waals surface area contributed by atoms with Crippen molar-refractivity contribution in [2.75, 3.05) is 5.32 Å². The van der Waals surface area contributed by atoms with Gasteiger partial charge in [-0.3, -0.25) is 4.79 Å². The second kappa shape index (κ2) is 6.16. The molecule has 0 saturated carbocycles. The molecule has 1 aromatic rings. The molecule has 1 rings (SSSR count). The van der Waals surface area contributed by atoms with Gasteiger partial charge < -0.3 is 10.4 Å². The van der Waals surface area contributed by atoms with Crippen molar-refractivity contribution in [2.45, 2.75) is 39.2 Å². The van der Waals surface area contributed by atoms with E-state index in [1.807, 2.05) is 24.3 Å². The lowest BCUT2D eigenvalue weighted by Crippen LogP contribution is -2.13. The van der Waals surface area contributed by atoms with Crippen molar-refractivity contribution in [3.8, 4) is 0 Å². The van der Waals surface area contributed by atoms with E-state index in [1.54, 1.807) is 0 Å². The molecule has 0 aromatic heterocycles. The fraction of sp³-hybridized carbons (Fsp3) is 0.462. The van der Waals surface area contributed by atoms with Gasteiger partial charge in [0.2, 0.25) is 0 Å². The van der Waals surface area contributed by atoms with Crippen molar-refractivity contribution in [1.82, 2.24) is 0 Å². The molecule has 1 unspecified atom stereocenters. The van der Waals surface area contributed by atoms with Crippen LogP contribution in [-0.2, 0) is 11.2 Å². The zero-order valence-electron chi connectivity index (χ0n) is 9.86. The third kappa shape index (κ3) is 4.34. The number of carboxylic acid groups (broad SMARTS) is 1. The maximum absolute atomic E-state index is 10.4. The molecule has 0 fully saturated rings. The lowest BCUT2D eigenvalue weighted by Gasteiger charge is -2.13. The monoisotopic (exact) mass is 221 g/mol. The van der Waals surface area contributed by atoms with Gasteiger partial charge in [-0.1, -0.05) is 19.1 Å². The summed E-state index contributed by atoms with van der Waals surface area (Å²) in [7, 11) is 0. The van der Waals surface area contributed by atoms with Gasteiger partial charge >= 0.3 is 5.97 Å². The summed E-state index contributed by atoms with van der Waals surface area (Å²) >= 11 is 0. The number of carbonyl (C=O) groups is 1. The molecule has 1 aromatic carbocycles. The van der Waals surface area contributed by atoms with E-state index in [0.29, 0.717) is 12.5 Å². The minimum Gasteiger partial charge on any atom is -0.481 e. The van der Waals surface area contributed by atoms with Crippen molar-refractivity contribution >= 4 is 11.7 Å². The van der Waals surface area contributed by atoms with Crippen LogP contribution < -0.4 is 5.32 Å². The summed E-state index contributed by atoms with van der Waals surface area (Å²) in [6.07, 6.45) is 1.87. The zero-order valence-corrected chi connectivity index (χ0v) is 9.86. The molecule has 3 heteroatoms. The normalized spacial score (nSPS) is 12.1. The molecule has 0 bridgehead atoms. The summed E-state index contributed by atoms with van der Waals surface area (Å²) in [5.41, 5.74) is 2.16. The van der Waals surface area contributed by atoms with Crippen LogP contribution in [0, 0.1) is 0 Å². The number of aliphatic carboxylic acids is 1. The van der Waals surface area contributed by atoms with Crippen LogP contribution in [0.5, 0.6) is 0 Å². The summed E-state index contributed by atoms with van der Waals surface area (Å²) < 4.78 is 0. The van der Waals surface area contributed by atoms with Gasteiger partial charge in [-0.25, -0.2) is 0 Å². The number of nitrogens with one attached hydrogen (secondary N) is 1. The maximum atomic E-state index is 10.4. The van der Waals surface area contributed by atoms with Gasteiger partial charge in [0.15, 0.2) is 0 Å². The highest BCUT2D eigenvalue weighted by atomic mass is 16.4. The van der Waals surface area contributed by atoms with E-state index in [9.17, 15) is 4.79 Å². The Bertz CT molecular complexity index is 332. The van der Waals surface area contributed by atoms with E-state index >= 15 is 0 Å². The molecule has 0 aliphatic heterocycles. The summed E-state index contributed by atoms with van der Waals surface area (Å²) in [6, 6.07) is 8.43. The number of aryl methyl sites for hydroxylation is 1. The second-order valence-corrected chi connectivity index (χ2v) is 4.04. The number of hydrogen-bond donors (Lipinski definition) is 2. The number of rotatable bonds is 6. The van der Waals surface area contributed by atoms with Gasteiger partial charge in [0.05, 0.1) is 0 Å². The SMILES string of the molecule is CCC(C)Nc1ccc(CCC(=O)O)cc1. The first-order valence-electron chi connectivity index (χ1n) is 5.69. The molecule has 0 saturated heterocycles. The van der Waals surface area contributed by atoms with Gasteiger partial charge in [0, 0.05) is 18.2 Å². The molecule has 88 valence electrons. The van der Waals surface area contributed by atoms with Crippen LogP contribution >= 0.6 is 0 Å². The van der Waals surface area contributed by atoms with Gasteiger partial charge in [-0.15, -0.1) is 0 Å². The molecule has 2 N–H and O–H groups in total. The molecular formula is C13H19NO2. The molecular weight excluding hydrogens is 202 g/mol. The van der Waals surface area contributed by atoms with E-state index in [-0.39, 0.29) is 6.42 Å². The van der Waals surface area contributed by atoms with Crippen molar-refractivity contribution in [3.63, 3.8) is 0 Å². The predicted octanol–water partition coefficient (Wildman–Crippen LogP) is 2.91. The fourth-order valence-electron chi connectivity index (χ4n) is 1.41. The van der Waals surface area contributed by atoms with Crippen LogP contribution in [0.15, 0.2) is 24.3 Å². The highest BCUT2D eigenvalue weighted by Gasteiger charge is 2.01. The van der Waals surface area contributed by atoms with Crippen molar-refractivity contribution in [1.29, 1.82) is 0 Å². The van der Waals surface area contributed by atoms with Crippen LogP contribution in [0.3, 0.4) is 0 Å². The van der Waals surface area contributed by atoms with E-state index in [1.165, 1.54) is 0 Å². The van der Waals surface area contributed by atoms with Crippen LogP contribution in [-0.4, -0.2) is 17.1 Å². The number of benzene rings is 1. The van der Waals surface area contributed by atoms with Crippen molar-refractivity contribution < 1.29 is 9.90 Å². The van der Waals surface area contributed by atoms with Gasteiger partial charge in [0.1, 0.15) is 0 Å². The van der Waals surface area contributed by atoms with E-state index < -0.39 is 5.97 Å². The number of hydrogen-bond acceptors (Lipinski definition) is 2. The van der Waals surface area contributed by atoms with Gasteiger partial charge in [-0.05, 0) is 37.5 Å². The summed E-state index contributed by atoms with van der Waals surface area (Å²) in [5.74, 6) is -0.748. The largest absolute Gasteiger partial charge is 0.481 e. The van der Waals surface area contributed by atoms with Gasteiger partial charge in [-0.2, -0.15) is 0 Å². The van der Waals surface area contributed by atoms with Crippen LogP contribution in [0.2, 0.25) is 0 Å². The summed E-state index contributed by atoms with van der Waals surface area (Å²) in [5, 5.41) is 11.9. The molecule has 0 spiro atoms.